The van der Waals surface area contributed by atoms with Crippen LogP contribution in [0.25, 0.3) is 0 Å². The number of nitrogens with two attached hydrogens (primary N) is 1. The van der Waals surface area contributed by atoms with Crippen molar-refractivity contribution in [1.29, 1.82) is 0 Å². The van der Waals surface area contributed by atoms with E-state index in [0.717, 1.165) is 12.1 Å². The number of nitrogen functional groups attached to an aromatic ring is 1. The Kier molecular flexibility index (Phi) is 5.69. The lowest BCUT2D eigenvalue weighted by Crippen LogP contribution is -2.37. The SMILES string of the molecule is Cc1c(N)cc(S(=O)(=O)N(CCO)CC(F)F)cc1Cl. The van der Waals surface area contributed by atoms with Crippen LogP contribution in [-0.2, 0) is 10.0 Å². The largest absolute Gasteiger partial charge is 0.398 e. The van der Waals surface area contributed by atoms with Gasteiger partial charge < -0.3 is 10.8 Å². The predicted octanol–water partition coefficient (Wildman–Crippen LogP) is 1.48. The monoisotopic (exact) mass is 328 g/mol. The fourth-order valence-electron chi connectivity index (χ4n) is 1.55. The van der Waals surface area contributed by atoms with Crippen LogP contribution in [0.4, 0.5) is 14.5 Å². The maximum Gasteiger partial charge on any atom is 0.252 e. The summed E-state index contributed by atoms with van der Waals surface area (Å²) in [7, 11) is -4.19. The molecule has 0 spiro atoms. The molecule has 9 heteroatoms. The second-order valence-electron chi connectivity index (χ2n) is 4.10. The van der Waals surface area contributed by atoms with E-state index < -0.39 is 36.1 Å². The molecule has 0 aliphatic rings. The highest BCUT2D eigenvalue weighted by molar-refractivity contribution is 7.89. The molecule has 5 nitrogen and oxygen atoms in total. The van der Waals surface area contributed by atoms with Crippen molar-refractivity contribution in [3.05, 3.63) is 22.7 Å². The van der Waals surface area contributed by atoms with E-state index >= 15 is 0 Å². The highest BCUT2D eigenvalue weighted by Crippen LogP contribution is 2.27. The summed E-state index contributed by atoms with van der Waals surface area (Å²) in [4.78, 5) is -0.278. The molecular formula is C11H15ClF2N2O3S. The molecule has 0 atom stereocenters. The highest BCUT2D eigenvalue weighted by atomic mass is 35.5. The van der Waals surface area contributed by atoms with Crippen LogP contribution >= 0.6 is 11.6 Å². The zero-order chi connectivity index (χ0) is 15.5. The first-order chi connectivity index (χ1) is 9.20. The molecule has 114 valence electrons. The molecule has 0 fully saturated rings. The van der Waals surface area contributed by atoms with Gasteiger partial charge in [-0.25, -0.2) is 17.2 Å². The number of rotatable bonds is 6. The van der Waals surface area contributed by atoms with Gasteiger partial charge in [0.1, 0.15) is 0 Å². The Bertz CT molecular complexity index is 558. The van der Waals surface area contributed by atoms with Crippen LogP contribution in [0.2, 0.25) is 5.02 Å². The molecule has 0 radical (unpaired) electrons. The third kappa shape index (κ3) is 3.78. The van der Waals surface area contributed by atoms with Crippen LogP contribution in [0.5, 0.6) is 0 Å². The van der Waals surface area contributed by atoms with Gasteiger partial charge in [-0.2, -0.15) is 4.31 Å². The number of halogens is 3. The van der Waals surface area contributed by atoms with Crippen LogP contribution in [-0.4, -0.2) is 44.0 Å². The Hall–Kier alpha value is -0.960. The fraction of sp³-hybridized carbons (Fsp3) is 0.455. The number of aliphatic hydroxyl groups excluding tert-OH is 1. The number of benzene rings is 1. The van der Waals surface area contributed by atoms with Crippen molar-refractivity contribution < 1.29 is 22.3 Å². The van der Waals surface area contributed by atoms with Gasteiger partial charge in [-0.3, -0.25) is 0 Å². The molecule has 3 N–H and O–H groups in total. The van der Waals surface area contributed by atoms with Crippen molar-refractivity contribution in [3.8, 4) is 0 Å². The Morgan fingerprint density at radius 2 is 2.05 bits per heavy atom. The van der Waals surface area contributed by atoms with Crippen molar-refractivity contribution in [1.82, 2.24) is 4.31 Å². The lowest BCUT2D eigenvalue weighted by atomic mass is 10.2. The Morgan fingerprint density at radius 3 is 2.50 bits per heavy atom. The van der Waals surface area contributed by atoms with Crippen molar-refractivity contribution in [2.75, 3.05) is 25.4 Å². The second kappa shape index (κ2) is 6.66. The molecule has 0 aliphatic carbocycles. The minimum absolute atomic E-state index is 0.129. The summed E-state index contributed by atoms with van der Waals surface area (Å²) in [5.74, 6) is 0. The van der Waals surface area contributed by atoms with E-state index in [4.69, 9.17) is 22.4 Å². The third-order valence-corrected chi connectivity index (χ3v) is 4.92. The summed E-state index contributed by atoms with van der Waals surface area (Å²) in [5.41, 5.74) is 6.29. The summed E-state index contributed by atoms with van der Waals surface area (Å²) in [6, 6.07) is 2.31. The van der Waals surface area contributed by atoms with Crippen LogP contribution in [0.3, 0.4) is 0 Å². The van der Waals surface area contributed by atoms with Gasteiger partial charge in [-0.15, -0.1) is 0 Å². The third-order valence-electron chi connectivity index (χ3n) is 2.69. The molecule has 1 aromatic rings. The van der Waals surface area contributed by atoms with Crippen LogP contribution in [0.15, 0.2) is 17.0 Å². The minimum atomic E-state index is -4.19. The molecule has 0 aliphatic heterocycles. The van der Waals surface area contributed by atoms with E-state index in [1.807, 2.05) is 0 Å². The number of hydrogen-bond acceptors (Lipinski definition) is 4. The zero-order valence-corrected chi connectivity index (χ0v) is 12.3. The Balaban J connectivity index is 3.25. The Labute approximate surface area is 121 Å². The molecule has 0 aromatic heterocycles. The molecule has 1 aromatic carbocycles. The smallest absolute Gasteiger partial charge is 0.252 e. The number of hydrogen-bond donors (Lipinski definition) is 2. The number of aliphatic hydroxyl groups is 1. The maximum absolute atomic E-state index is 12.4. The van der Waals surface area contributed by atoms with Gasteiger partial charge in [0, 0.05) is 17.3 Å². The first kappa shape index (κ1) is 17.1. The topological polar surface area (TPSA) is 83.6 Å². The van der Waals surface area contributed by atoms with Crippen LogP contribution in [0.1, 0.15) is 5.56 Å². The van der Waals surface area contributed by atoms with Gasteiger partial charge in [0.15, 0.2) is 0 Å². The second-order valence-corrected chi connectivity index (χ2v) is 6.44. The number of sulfonamides is 1. The van der Waals surface area contributed by atoms with Crippen molar-refractivity contribution in [2.45, 2.75) is 18.2 Å². The zero-order valence-electron chi connectivity index (χ0n) is 10.7. The van der Waals surface area contributed by atoms with Gasteiger partial charge >= 0.3 is 0 Å². The summed E-state index contributed by atoms with van der Waals surface area (Å²) in [5, 5.41) is 8.94. The quantitative estimate of drug-likeness (QED) is 0.775. The molecule has 1 rings (SSSR count). The molecule has 0 heterocycles. The Morgan fingerprint density at radius 1 is 1.45 bits per heavy atom. The van der Waals surface area contributed by atoms with E-state index in [9.17, 15) is 17.2 Å². The van der Waals surface area contributed by atoms with E-state index in [-0.39, 0.29) is 15.6 Å². The average Bonchev–Trinajstić information content (AvgIpc) is 2.34. The first-order valence-electron chi connectivity index (χ1n) is 5.65. The van der Waals surface area contributed by atoms with E-state index in [1.165, 1.54) is 0 Å². The fourth-order valence-corrected chi connectivity index (χ4v) is 3.31. The van der Waals surface area contributed by atoms with Gasteiger partial charge in [0.05, 0.1) is 18.0 Å². The number of anilines is 1. The lowest BCUT2D eigenvalue weighted by Gasteiger charge is -2.21. The molecular weight excluding hydrogens is 314 g/mol. The van der Waals surface area contributed by atoms with Gasteiger partial charge in [-0.1, -0.05) is 11.6 Å². The van der Waals surface area contributed by atoms with Gasteiger partial charge in [0.25, 0.3) is 6.43 Å². The lowest BCUT2D eigenvalue weighted by molar-refractivity contribution is 0.113. The molecule has 0 bridgehead atoms. The standard InChI is InChI=1S/C11H15ClF2N2O3S/c1-7-9(12)4-8(5-10(7)15)20(18,19)16(2-3-17)6-11(13)14/h4-5,11,17H,2-3,6,15H2,1H3. The van der Waals surface area contributed by atoms with Gasteiger partial charge in [-0.05, 0) is 24.6 Å². The van der Waals surface area contributed by atoms with Crippen molar-refractivity contribution in [2.24, 2.45) is 0 Å². The van der Waals surface area contributed by atoms with E-state index in [1.54, 1.807) is 6.92 Å². The average molecular weight is 329 g/mol. The van der Waals surface area contributed by atoms with Crippen LogP contribution in [0, 0.1) is 6.92 Å². The first-order valence-corrected chi connectivity index (χ1v) is 7.46. The molecule has 0 unspecified atom stereocenters. The molecule has 20 heavy (non-hydrogen) atoms. The molecule has 0 saturated heterocycles. The van der Waals surface area contributed by atoms with E-state index in [2.05, 4.69) is 0 Å². The van der Waals surface area contributed by atoms with Crippen molar-refractivity contribution in [3.63, 3.8) is 0 Å². The van der Waals surface area contributed by atoms with Crippen LogP contribution < -0.4 is 5.73 Å². The predicted molar refractivity (Wildman–Crippen MR) is 72.5 cm³/mol. The maximum atomic E-state index is 12.4. The number of nitrogens with zero attached hydrogens (tertiary/aromatic N) is 1. The minimum Gasteiger partial charge on any atom is -0.398 e. The normalized spacial score (nSPS) is 12.3. The summed E-state index contributed by atoms with van der Waals surface area (Å²) < 4.78 is 49.9. The molecule has 0 saturated carbocycles. The number of alkyl halides is 2. The van der Waals surface area contributed by atoms with Gasteiger partial charge in [0.2, 0.25) is 10.0 Å². The molecule has 0 amide bonds. The highest BCUT2D eigenvalue weighted by Gasteiger charge is 2.27. The summed E-state index contributed by atoms with van der Waals surface area (Å²) in [6.07, 6.45) is -2.85. The van der Waals surface area contributed by atoms with E-state index in [0.29, 0.717) is 9.87 Å². The van der Waals surface area contributed by atoms with Crippen molar-refractivity contribution >= 4 is 27.3 Å². The summed E-state index contributed by atoms with van der Waals surface area (Å²) in [6.45, 7) is -0.397. The summed E-state index contributed by atoms with van der Waals surface area (Å²) >= 11 is 5.85.